The zero-order valence-corrected chi connectivity index (χ0v) is 14.8. The molecule has 2 aromatic heterocycles. The van der Waals surface area contributed by atoms with E-state index in [1.807, 2.05) is 4.52 Å². The first-order valence-corrected chi connectivity index (χ1v) is 9.89. The van der Waals surface area contributed by atoms with Crippen molar-refractivity contribution in [1.29, 1.82) is 0 Å². The Morgan fingerprint density at radius 2 is 1.72 bits per heavy atom. The summed E-state index contributed by atoms with van der Waals surface area (Å²) in [6, 6.07) is 4.21. The van der Waals surface area contributed by atoms with Crippen LogP contribution in [0.2, 0.25) is 0 Å². The largest absolute Gasteiger partial charge is 0.381 e. The van der Waals surface area contributed by atoms with Crippen LogP contribution in [0.1, 0.15) is 61.9 Å². The van der Waals surface area contributed by atoms with E-state index in [1.54, 1.807) is 0 Å². The van der Waals surface area contributed by atoms with E-state index >= 15 is 0 Å². The molecule has 0 atom stereocenters. The zero-order chi connectivity index (χ0) is 16.6. The van der Waals surface area contributed by atoms with Crippen LogP contribution in [0.15, 0.2) is 12.1 Å². The lowest BCUT2D eigenvalue weighted by Gasteiger charge is -2.34. The lowest BCUT2D eigenvalue weighted by molar-refractivity contribution is 0.0486. The van der Waals surface area contributed by atoms with Gasteiger partial charge in [-0.25, -0.2) is 0 Å². The van der Waals surface area contributed by atoms with Crippen LogP contribution in [0.5, 0.6) is 0 Å². The molecule has 1 aliphatic carbocycles. The number of hydrogen-bond acceptors (Lipinski definition) is 5. The van der Waals surface area contributed by atoms with Gasteiger partial charge in [-0.05, 0) is 69.7 Å². The van der Waals surface area contributed by atoms with E-state index in [2.05, 4.69) is 27.2 Å². The second-order valence-electron chi connectivity index (χ2n) is 7.99. The Kier molecular flexibility index (Phi) is 4.18. The molecule has 25 heavy (non-hydrogen) atoms. The van der Waals surface area contributed by atoms with E-state index in [4.69, 9.17) is 9.84 Å². The molecule has 2 aliphatic heterocycles. The monoisotopic (exact) mass is 341 g/mol. The van der Waals surface area contributed by atoms with Gasteiger partial charge in [0, 0.05) is 31.6 Å². The fraction of sp³-hybridized carbons (Fsp3) is 0.737. The van der Waals surface area contributed by atoms with E-state index < -0.39 is 0 Å². The quantitative estimate of drug-likeness (QED) is 0.856. The molecule has 0 bridgehead atoms. The average Bonchev–Trinajstić information content (AvgIpc) is 3.43. The summed E-state index contributed by atoms with van der Waals surface area (Å²) in [6.07, 6.45) is 7.34. The Hall–Kier alpha value is -1.53. The third-order valence-corrected chi connectivity index (χ3v) is 6.11. The van der Waals surface area contributed by atoms with Crippen LogP contribution in [-0.2, 0) is 4.74 Å². The second kappa shape index (κ2) is 6.65. The molecule has 0 N–H and O–H groups in total. The highest BCUT2D eigenvalue weighted by molar-refractivity contribution is 5.38. The number of piperidine rings is 1. The van der Waals surface area contributed by atoms with Gasteiger partial charge in [-0.3, -0.25) is 0 Å². The summed E-state index contributed by atoms with van der Waals surface area (Å²) in [4.78, 5) is 2.64. The van der Waals surface area contributed by atoms with Crippen LogP contribution < -0.4 is 0 Å². The number of fused-ring (bicyclic) bond motifs is 1. The molecule has 0 aromatic carbocycles. The first-order chi connectivity index (χ1) is 12.4. The van der Waals surface area contributed by atoms with Gasteiger partial charge < -0.3 is 9.64 Å². The molecule has 0 radical (unpaired) electrons. The molecule has 2 saturated heterocycles. The zero-order valence-electron chi connectivity index (χ0n) is 14.8. The molecule has 3 aliphatic rings. The Bertz CT molecular complexity index is 726. The van der Waals surface area contributed by atoms with E-state index in [-0.39, 0.29) is 0 Å². The van der Waals surface area contributed by atoms with Crippen LogP contribution in [-0.4, -0.2) is 57.6 Å². The molecular weight excluding hydrogens is 314 g/mol. The first-order valence-electron chi connectivity index (χ1n) is 9.89. The van der Waals surface area contributed by atoms with Gasteiger partial charge in [-0.2, -0.15) is 9.61 Å². The smallest absolute Gasteiger partial charge is 0.177 e. The van der Waals surface area contributed by atoms with Gasteiger partial charge in [0.05, 0.1) is 5.69 Å². The van der Waals surface area contributed by atoms with E-state index in [9.17, 15) is 0 Å². The standard InChI is InChI=1S/C19H27N5O/c1-2-15(1)17-3-4-18-20-21-19(24(18)22-17)16-5-9-23(10-6-16)13-14-7-11-25-12-8-14/h3-4,14-16H,1-2,5-13H2. The fourth-order valence-corrected chi connectivity index (χ4v) is 4.34. The van der Waals surface area contributed by atoms with E-state index in [0.29, 0.717) is 11.8 Å². The number of aromatic nitrogens is 4. The SMILES string of the molecule is c1cc2nnc(C3CCN(CC4CCOCC4)CC3)n2nc1C1CC1. The molecular formula is C19H27N5O. The normalized spacial score (nSPS) is 24.2. The molecule has 4 heterocycles. The number of rotatable bonds is 4. The van der Waals surface area contributed by atoms with Crippen LogP contribution >= 0.6 is 0 Å². The molecule has 6 nitrogen and oxygen atoms in total. The summed E-state index contributed by atoms with van der Waals surface area (Å²) in [5, 5.41) is 13.7. The van der Waals surface area contributed by atoms with Crippen LogP contribution in [0, 0.1) is 5.92 Å². The van der Waals surface area contributed by atoms with Gasteiger partial charge in [-0.1, -0.05) is 0 Å². The van der Waals surface area contributed by atoms with Gasteiger partial charge in [-0.15, -0.1) is 10.2 Å². The van der Waals surface area contributed by atoms with Gasteiger partial charge in [0.1, 0.15) is 0 Å². The number of ether oxygens (including phenoxy) is 1. The predicted molar refractivity (Wildman–Crippen MR) is 94.7 cm³/mol. The highest BCUT2D eigenvalue weighted by Crippen LogP contribution is 2.39. The van der Waals surface area contributed by atoms with Crippen molar-refractivity contribution in [3.63, 3.8) is 0 Å². The summed E-state index contributed by atoms with van der Waals surface area (Å²) in [5.41, 5.74) is 2.11. The van der Waals surface area contributed by atoms with Crippen molar-refractivity contribution in [2.75, 3.05) is 32.8 Å². The summed E-state index contributed by atoms with van der Waals surface area (Å²) in [6.45, 7) is 5.46. The minimum atomic E-state index is 0.489. The van der Waals surface area contributed by atoms with Crippen molar-refractivity contribution < 1.29 is 4.74 Å². The number of likely N-dealkylation sites (tertiary alicyclic amines) is 1. The maximum atomic E-state index is 5.48. The van der Waals surface area contributed by atoms with Crippen molar-refractivity contribution >= 4 is 5.65 Å². The first kappa shape index (κ1) is 15.7. The van der Waals surface area contributed by atoms with Crippen LogP contribution in [0.3, 0.4) is 0 Å². The Morgan fingerprint density at radius 1 is 0.920 bits per heavy atom. The summed E-state index contributed by atoms with van der Waals surface area (Å²) < 4.78 is 7.50. The molecule has 0 unspecified atom stereocenters. The summed E-state index contributed by atoms with van der Waals surface area (Å²) >= 11 is 0. The van der Waals surface area contributed by atoms with Gasteiger partial charge in [0.2, 0.25) is 0 Å². The highest BCUT2D eigenvalue weighted by Gasteiger charge is 2.29. The Morgan fingerprint density at radius 3 is 2.48 bits per heavy atom. The van der Waals surface area contributed by atoms with Gasteiger partial charge in [0.15, 0.2) is 11.5 Å². The van der Waals surface area contributed by atoms with Gasteiger partial charge >= 0.3 is 0 Å². The summed E-state index contributed by atoms with van der Waals surface area (Å²) in [7, 11) is 0. The van der Waals surface area contributed by atoms with E-state index in [0.717, 1.165) is 30.6 Å². The van der Waals surface area contributed by atoms with Crippen LogP contribution in [0.25, 0.3) is 5.65 Å². The molecule has 6 heteroatoms. The lowest BCUT2D eigenvalue weighted by Crippen LogP contribution is -2.38. The van der Waals surface area contributed by atoms with Gasteiger partial charge in [0.25, 0.3) is 0 Å². The number of hydrogen-bond donors (Lipinski definition) is 0. The lowest BCUT2D eigenvalue weighted by atomic mass is 9.93. The topological polar surface area (TPSA) is 55.5 Å². The fourth-order valence-electron chi connectivity index (χ4n) is 4.34. The number of nitrogens with zero attached hydrogens (tertiary/aromatic N) is 5. The molecule has 0 spiro atoms. The molecule has 0 amide bonds. The maximum absolute atomic E-state index is 5.48. The molecule has 1 saturated carbocycles. The van der Waals surface area contributed by atoms with Crippen molar-refractivity contribution in [2.24, 2.45) is 5.92 Å². The Balaban J connectivity index is 1.25. The average molecular weight is 341 g/mol. The van der Waals surface area contributed by atoms with Crippen molar-refractivity contribution in [1.82, 2.24) is 24.7 Å². The van der Waals surface area contributed by atoms with Crippen molar-refractivity contribution in [3.8, 4) is 0 Å². The summed E-state index contributed by atoms with van der Waals surface area (Å²) in [5.74, 6) is 3.05. The molecule has 5 rings (SSSR count). The second-order valence-corrected chi connectivity index (χ2v) is 7.99. The van der Waals surface area contributed by atoms with Crippen LogP contribution in [0.4, 0.5) is 0 Å². The molecule has 134 valence electrons. The Labute approximate surface area is 148 Å². The van der Waals surface area contributed by atoms with E-state index in [1.165, 1.54) is 63.9 Å². The minimum absolute atomic E-state index is 0.489. The van der Waals surface area contributed by atoms with Crippen molar-refractivity contribution in [2.45, 2.75) is 50.4 Å². The predicted octanol–water partition coefficient (Wildman–Crippen LogP) is 2.61. The maximum Gasteiger partial charge on any atom is 0.177 e. The molecule has 2 aromatic rings. The minimum Gasteiger partial charge on any atom is -0.381 e. The highest BCUT2D eigenvalue weighted by atomic mass is 16.5. The molecule has 3 fully saturated rings. The van der Waals surface area contributed by atoms with Crippen molar-refractivity contribution in [3.05, 3.63) is 23.7 Å². The third kappa shape index (κ3) is 3.29. The third-order valence-electron chi connectivity index (χ3n) is 6.11.